The van der Waals surface area contributed by atoms with Crippen LogP contribution in [-0.4, -0.2) is 43.3 Å². The molecule has 0 radical (unpaired) electrons. The third-order valence-electron chi connectivity index (χ3n) is 7.38. The monoisotopic (exact) mass is 596 g/mol. The Labute approximate surface area is 259 Å². The maximum Gasteiger partial charge on any atom is 0.307 e. The van der Waals surface area contributed by atoms with Crippen molar-refractivity contribution in [1.82, 2.24) is 0 Å². The van der Waals surface area contributed by atoms with E-state index in [0.717, 1.165) is 22.3 Å². The third kappa shape index (κ3) is 9.32. The minimum absolute atomic E-state index is 0.198. The zero-order valence-corrected chi connectivity index (χ0v) is 25.0. The standard InChI is InChI=1S/C37H40O7/c1-2-33(38)44-37-36(42-26-31-21-13-6-14-22-31)35(41-25-30-19-11-5-12-20-30)34(40-24-29-17-9-4-10-18-29)32(43-37)27-39-23-28-15-7-3-8-16-28/h3-22,32,34-37H,2,23-27H2,1H3/t32-,34-,35+,36+,37-/m1/s1. The number of hydrogen-bond acceptors (Lipinski definition) is 7. The van der Waals surface area contributed by atoms with Crippen molar-refractivity contribution in [2.75, 3.05) is 6.61 Å². The second kappa shape index (κ2) is 16.9. The van der Waals surface area contributed by atoms with E-state index in [-0.39, 0.29) is 19.6 Å². The minimum Gasteiger partial charge on any atom is -0.433 e. The molecule has 230 valence electrons. The summed E-state index contributed by atoms with van der Waals surface area (Å²) >= 11 is 0. The van der Waals surface area contributed by atoms with Crippen LogP contribution in [0.2, 0.25) is 0 Å². The fourth-order valence-corrected chi connectivity index (χ4v) is 5.05. The highest BCUT2D eigenvalue weighted by Gasteiger charge is 2.50. The molecule has 44 heavy (non-hydrogen) atoms. The van der Waals surface area contributed by atoms with Gasteiger partial charge in [-0.25, -0.2) is 0 Å². The van der Waals surface area contributed by atoms with Crippen molar-refractivity contribution in [1.29, 1.82) is 0 Å². The smallest absolute Gasteiger partial charge is 0.307 e. The predicted molar refractivity (Wildman–Crippen MR) is 166 cm³/mol. The molecular weight excluding hydrogens is 556 g/mol. The average molecular weight is 597 g/mol. The van der Waals surface area contributed by atoms with E-state index in [4.69, 9.17) is 28.4 Å². The van der Waals surface area contributed by atoms with Gasteiger partial charge in [0, 0.05) is 6.42 Å². The van der Waals surface area contributed by atoms with Crippen LogP contribution in [0.3, 0.4) is 0 Å². The lowest BCUT2D eigenvalue weighted by Gasteiger charge is -2.45. The first kappa shape index (κ1) is 31.6. The molecule has 5 rings (SSSR count). The summed E-state index contributed by atoms with van der Waals surface area (Å²) < 4.78 is 38.2. The normalized spacial score (nSPS) is 21.5. The molecule has 5 atom stereocenters. The summed E-state index contributed by atoms with van der Waals surface area (Å²) in [5.74, 6) is -0.391. The molecule has 1 aliphatic rings. The van der Waals surface area contributed by atoms with Crippen molar-refractivity contribution < 1.29 is 33.2 Å². The quantitative estimate of drug-likeness (QED) is 0.143. The second-order valence-corrected chi connectivity index (χ2v) is 10.7. The Balaban J connectivity index is 1.43. The Kier molecular flexibility index (Phi) is 12.1. The number of carbonyl (C=O) groups excluding carboxylic acids is 1. The Morgan fingerprint density at radius 1 is 0.568 bits per heavy atom. The highest BCUT2D eigenvalue weighted by atomic mass is 16.7. The van der Waals surface area contributed by atoms with Gasteiger partial charge in [-0.1, -0.05) is 128 Å². The summed E-state index contributed by atoms with van der Waals surface area (Å²) in [4.78, 5) is 12.6. The van der Waals surface area contributed by atoms with Gasteiger partial charge in [0.25, 0.3) is 0 Å². The molecule has 1 heterocycles. The topological polar surface area (TPSA) is 72.5 Å². The van der Waals surface area contributed by atoms with Gasteiger partial charge in [-0.3, -0.25) is 4.79 Å². The molecule has 0 amide bonds. The zero-order valence-electron chi connectivity index (χ0n) is 25.0. The zero-order chi connectivity index (χ0) is 30.4. The van der Waals surface area contributed by atoms with Gasteiger partial charge in [0.1, 0.15) is 24.4 Å². The van der Waals surface area contributed by atoms with Crippen LogP contribution in [0.1, 0.15) is 35.6 Å². The molecule has 0 unspecified atom stereocenters. The van der Waals surface area contributed by atoms with E-state index in [9.17, 15) is 4.79 Å². The van der Waals surface area contributed by atoms with E-state index in [1.807, 2.05) is 121 Å². The maximum atomic E-state index is 12.6. The first-order valence-corrected chi connectivity index (χ1v) is 15.1. The van der Waals surface area contributed by atoms with Gasteiger partial charge >= 0.3 is 5.97 Å². The molecule has 7 nitrogen and oxygen atoms in total. The lowest BCUT2D eigenvalue weighted by atomic mass is 9.97. The lowest BCUT2D eigenvalue weighted by molar-refractivity contribution is -0.320. The van der Waals surface area contributed by atoms with Crippen molar-refractivity contribution >= 4 is 5.97 Å². The van der Waals surface area contributed by atoms with E-state index >= 15 is 0 Å². The van der Waals surface area contributed by atoms with Crippen LogP contribution < -0.4 is 0 Å². The molecular formula is C37H40O7. The highest BCUT2D eigenvalue weighted by molar-refractivity contribution is 5.69. The van der Waals surface area contributed by atoms with Crippen LogP contribution >= 0.6 is 0 Å². The Hall–Kier alpha value is -3.85. The fraction of sp³-hybridized carbons (Fsp3) is 0.324. The number of benzene rings is 4. The molecule has 4 aromatic carbocycles. The van der Waals surface area contributed by atoms with Gasteiger partial charge < -0.3 is 28.4 Å². The second-order valence-electron chi connectivity index (χ2n) is 10.7. The molecule has 0 aliphatic carbocycles. The molecule has 1 fully saturated rings. The third-order valence-corrected chi connectivity index (χ3v) is 7.38. The van der Waals surface area contributed by atoms with Crippen LogP contribution in [0.25, 0.3) is 0 Å². The Morgan fingerprint density at radius 2 is 0.977 bits per heavy atom. The molecule has 0 bridgehead atoms. The molecule has 4 aromatic rings. The van der Waals surface area contributed by atoms with E-state index in [2.05, 4.69) is 0 Å². The van der Waals surface area contributed by atoms with Crippen molar-refractivity contribution in [3.05, 3.63) is 144 Å². The summed E-state index contributed by atoms with van der Waals surface area (Å²) in [6, 6.07) is 39.7. The molecule has 0 saturated carbocycles. The summed E-state index contributed by atoms with van der Waals surface area (Å²) in [7, 11) is 0. The SMILES string of the molecule is CCC(=O)O[C@H]1O[C@H](COCc2ccccc2)[C@@H](OCc2ccccc2)[C@H](OCc2ccccc2)[C@@H]1OCc1ccccc1. The number of rotatable bonds is 15. The van der Waals surface area contributed by atoms with E-state index in [1.54, 1.807) is 6.92 Å². The molecule has 1 aliphatic heterocycles. The largest absolute Gasteiger partial charge is 0.433 e. The first-order chi connectivity index (χ1) is 21.7. The average Bonchev–Trinajstić information content (AvgIpc) is 3.08. The van der Waals surface area contributed by atoms with Crippen molar-refractivity contribution in [3.8, 4) is 0 Å². The number of ether oxygens (including phenoxy) is 6. The van der Waals surface area contributed by atoms with E-state index < -0.39 is 36.7 Å². The highest BCUT2D eigenvalue weighted by Crippen LogP contribution is 2.32. The summed E-state index contributed by atoms with van der Waals surface area (Å²) in [5, 5.41) is 0. The summed E-state index contributed by atoms with van der Waals surface area (Å²) in [6.45, 7) is 3.27. The van der Waals surface area contributed by atoms with Crippen molar-refractivity contribution in [3.63, 3.8) is 0 Å². The van der Waals surface area contributed by atoms with E-state index in [1.165, 1.54) is 0 Å². The van der Waals surface area contributed by atoms with Gasteiger partial charge in [0.05, 0.1) is 33.0 Å². The van der Waals surface area contributed by atoms with Gasteiger partial charge in [-0.2, -0.15) is 0 Å². The van der Waals surface area contributed by atoms with Crippen molar-refractivity contribution in [2.45, 2.75) is 70.5 Å². The maximum absolute atomic E-state index is 12.6. The van der Waals surface area contributed by atoms with Crippen LogP contribution in [0.5, 0.6) is 0 Å². The Morgan fingerprint density at radius 3 is 1.43 bits per heavy atom. The number of hydrogen-bond donors (Lipinski definition) is 0. The van der Waals surface area contributed by atoms with Gasteiger partial charge in [0.15, 0.2) is 0 Å². The molecule has 0 spiro atoms. The Bertz CT molecular complexity index is 1370. The van der Waals surface area contributed by atoms with Crippen LogP contribution in [0.4, 0.5) is 0 Å². The minimum atomic E-state index is -1.02. The molecule has 7 heteroatoms. The van der Waals surface area contributed by atoms with Crippen LogP contribution in [0, 0.1) is 0 Å². The van der Waals surface area contributed by atoms with E-state index in [0.29, 0.717) is 19.8 Å². The van der Waals surface area contributed by atoms with Crippen LogP contribution in [0.15, 0.2) is 121 Å². The summed E-state index contributed by atoms with van der Waals surface area (Å²) in [6.07, 6.45) is -3.42. The van der Waals surface area contributed by atoms with Gasteiger partial charge in [-0.05, 0) is 22.3 Å². The number of esters is 1. The fourth-order valence-electron chi connectivity index (χ4n) is 5.05. The van der Waals surface area contributed by atoms with Crippen LogP contribution in [-0.2, 0) is 59.6 Å². The lowest BCUT2D eigenvalue weighted by Crippen LogP contribution is -2.62. The number of carbonyl (C=O) groups is 1. The van der Waals surface area contributed by atoms with Crippen molar-refractivity contribution in [2.24, 2.45) is 0 Å². The predicted octanol–water partition coefficient (Wildman–Crippen LogP) is 6.64. The van der Waals surface area contributed by atoms with Gasteiger partial charge in [-0.15, -0.1) is 0 Å². The summed E-state index contributed by atoms with van der Waals surface area (Å²) in [5.41, 5.74) is 4.03. The first-order valence-electron chi connectivity index (χ1n) is 15.1. The molecule has 1 saturated heterocycles. The van der Waals surface area contributed by atoms with Gasteiger partial charge in [0.2, 0.25) is 6.29 Å². The molecule has 0 aromatic heterocycles. The molecule has 0 N–H and O–H groups in total.